The second-order valence-electron chi connectivity index (χ2n) is 8.84. The molecule has 3 heteroatoms. The van der Waals surface area contributed by atoms with Crippen LogP contribution in [-0.2, 0) is 25.8 Å². The van der Waals surface area contributed by atoms with Gasteiger partial charge in [0.15, 0.2) is 0 Å². The third-order valence-electron chi connectivity index (χ3n) is 6.96. The van der Waals surface area contributed by atoms with E-state index in [4.69, 9.17) is 4.74 Å². The molecule has 0 saturated heterocycles. The minimum atomic E-state index is 0.401. The summed E-state index contributed by atoms with van der Waals surface area (Å²) in [6.07, 6.45) is 5.67. The van der Waals surface area contributed by atoms with E-state index in [-0.39, 0.29) is 0 Å². The number of rotatable bonds is 2. The van der Waals surface area contributed by atoms with Crippen molar-refractivity contribution in [1.29, 1.82) is 0 Å². The third-order valence-corrected chi connectivity index (χ3v) is 6.96. The summed E-state index contributed by atoms with van der Waals surface area (Å²) >= 11 is 0. The number of para-hydroxylation sites is 1. The van der Waals surface area contributed by atoms with Crippen molar-refractivity contribution in [2.24, 2.45) is 0 Å². The molecule has 0 radical (unpaired) electrons. The number of anilines is 2. The molecular weight excluding hydrogens is 368 g/mol. The molecule has 0 bridgehead atoms. The summed E-state index contributed by atoms with van der Waals surface area (Å²) in [4.78, 5) is 2.51. The fourth-order valence-electron chi connectivity index (χ4n) is 5.23. The van der Waals surface area contributed by atoms with Crippen LogP contribution < -0.4 is 15.0 Å². The van der Waals surface area contributed by atoms with Crippen LogP contribution in [0.15, 0.2) is 60.7 Å². The standard InChI is InChI=1S/C27H28N2O/c1-2-6-25-20(4-1)10-12-26(28-25)22-8-7-19-13-14-29(18-23(19)16-22)24-11-9-21-5-3-15-30-27(21)17-24/h1-2,4,6-9,11,16-17,26,28H,3,5,10,12-15,18H2. The fraction of sp³-hybridized carbons (Fsp3) is 0.333. The molecule has 3 aromatic rings. The smallest absolute Gasteiger partial charge is 0.124 e. The molecule has 30 heavy (non-hydrogen) atoms. The van der Waals surface area contributed by atoms with Crippen LogP contribution in [0.1, 0.15) is 46.7 Å². The first-order chi connectivity index (χ1) is 14.8. The Morgan fingerprint density at radius 2 is 1.77 bits per heavy atom. The molecule has 152 valence electrons. The number of ether oxygens (including phenoxy) is 1. The molecule has 0 aromatic heterocycles. The lowest BCUT2D eigenvalue weighted by atomic mass is 9.90. The molecule has 0 spiro atoms. The summed E-state index contributed by atoms with van der Waals surface area (Å²) in [7, 11) is 0. The van der Waals surface area contributed by atoms with E-state index >= 15 is 0 Å². The van der Waals surface area contributed by atoms with Gasteiger partial charge in [-0.15, -0.1) is 0 Å². The maximum absolute atomic E-state index is 5.92. The summed E-state index contributed by atoms with van der Waals surface area (Å²) in [5.74, 6) is 1.09. The molecule has 3 heterocycles. The highest BCUT2D eigenvalue weighted by Crippen LogP contribution is 2.35. The van der Waals surface area contributed by atoms with Gasteiger partial charge in [0, 0.05) is 30.5 Å². The highest BCUT2D eigenvalue weighted by atomic mass is 16.5. The van der Waals surface area contributed by atoms with Crippen LogP contribution in [-0.4, -0.2) is 13.2 Å². The van der Waals surface area contributed by atoms with E-state index in [2.05, 4.69) is 70.9 Å². The summed E-state index contributed by atoms with van der Waals surface area (Å²) in [5, 5.41) is 3.77. The van der Waals surface area contributed by atoms with E-state index in [1.807, 2.05) is 0 Å². The number of fused-ring (bicyclic) bond motifs is 3. The van der Waals surface area contributed by atoms with Gasteiger partial charge in [-0.25, -0.2) is 0 Å². The Morgan fingerprint density at radius 3 is 2.77 bits per heavy atom. The molecule has 3 aliphatic heterocycles. The first-order valence-electron chi connectivity index (χ1n) is 11.3. The molecule has 0 fully saturated rings. The zero-order valence-corrected chi connectivity index (χ0v) is 17.4. The average Bonchev–Trinajstić information content (AvgIpc) is 2.82. The highest BCUT2D eigenvalue weighted by molar-refractivity contribution is 5.57. The Hall–Kier alpha value is -2.94. The van der Waals surface area contributed by atoms with Crippen molar-refractivity contribution >= 4 is 11.4 Å². The van der Waals surface area contributed by atoms with Crippen molar-refractivity contribution in [1.82, 2.24) is 0 Å². The second-order valence-corrected chi connectivity index (χ2v) is 8.84. The van der Waals surface area contributed by atoms with Gasteiger partial charge in [-0.1, -0.05) is 42.5 Å². The topological polar surface area (TPSA) is 24.5 Å². The van der Waals surface area contributed by atoms with Gasteiger partial charge in [-0.2, -0.15) is 0 Å². The molecule has 3 aromatic carbocycles. The molecule has 3 aliphatic rings. The molecular formula is C27H28N2O. The van der Waals surface area contributed by atoms with E-state index in [0.717, 1.165) is 57.6 Å². The van der Waals surface area contributed by atoms with E-state index in [1.54, 1.807) is 0 Å². The lowest BCUT2D eigenvalue weighted by Crippen LogP contribution is -2.30. The lowest BCUT2D eigenvalue weighted by molar-refractivity contribution is 0.288. The van der Waals surface area contributed by atoms with E-state index in [1.165, 1.54) is 39.2 Å². The SMILES string of the molecule is c1ccc2c(c1)CCC(c1ccc3c(c1)CN(c1ccc4c(c1)OCCC4)CC3)N2. The van der Waals surface area contributed by atoms with Gasteiger partial charge in [0.05, 0.1) is 12.6 Å². The minimum absolute atomic E-state index is 0.401. The summed E-state index contributed by atoms with van der Waals surface area (Å²) in [6, 6.07) is 23.1. The zero-order chi connectivity index (χ0) is 19.9. The van der Waals surface area contributed by atoms with Crippen molar-refractivity contribution in [3.63, 3.8) is 0 Å². The van der Waals surface area contributed by atoms with Crippen LogP contribution in [0.5, 0.6) is 5.75 Å². The first kappa shape index (κ1) is 17.9. The first-order valence-corrected chi connectivity index (χ1v) is 11.3. The minimum Gasteiger partial charge on any atom is -0.493 e. The molecule has 0 aliphatic carbocycles. The number of nitrogens with zero attached hydrogens (tertiary/aromatic N) is 1. The highest BCUT2D eigenvalue weighted by Gasteiger charge is 2.23. The summed E-state index contributed by atoms with van der Waals surface area (Å²) < 4.78 is 5.92. The molecule has 1 N–H and O–H groups in total. The molecule has 6 rings (SSSR count). The maximum atomic E-state index is 5.92. The fourth-order valence-corrected chi connectivity index (χ4v) is 5.23. The summed E-state index contributed by atoms with van der Waals surface area (Å²) in [5.41, 5.74) is 9.76. The number of hydrogen-bond acceptors (Lipinski definition) is 3. The van der Waals surface area contributed by atoms with E-state index in [0.29, 0.717) is 6.04 Å². The Bertz CT molecular complexity index is 1090. The van der Waals surface area contributed by atoms with Gasteiger partial charge in [-0.05, 0) is 72.1 Å². The second kappa shape index (κ2) is 7.39. The Kier molecular flexibility index (Phi) is 4.40. The van der Waals surface area contributed by atoms with Gasteiger partial charge >= 0.3 is 0 Å². The predicted molar refractivity (Wildman–Crippen MR) is 123 cm³/mol. The van der Waals surface area contributed by atoms with E-state index in [9.17, 15) is 0 Å². The Morgan fingerprint density at radius 1 is 0.833 bits per heavy atom. The van der Waals surface area contributed by atoms with Crippen molar-refractivity contribution in [3.05, 3.63) is 88.5 Å². The van der Waals surface area contributed by atoms with Crippen LogP contribution >= 0.6 is 0 Å². The summed E-state index contributed by atoms with van der Waals surface area (Å²) in [6.45, 7) is 2.89. The van der Waals surface area contributed by atoms with Crippen molar-refractivity contribution in [2.75, 3.05) is 23.4 Å². The zero-order valence-electron chi connectivity index (χ0n) is 17.4. The van der Waals surface area contributed by atoms with Crippen LogP contribution in [0.4, 0.5) is 11.4 Å². The number of benzene rings is 3. The molecule has 1 atom stereocenters. The molecule has 0 amide bonds. The van der Waals surface area contributed by atoms with Gasteiger partial charge in [0.25, 0.3) is 0 Å². The third kappa shape index (κ3) is 3.23. The number of nitrogens with one attached hydrogen (secondary N) is 1. The Balaban J connectivity index is 1.24. The van der Waals surface area contributed by atoms with Crippen LogP contribution in [0, 0.1) is 0 Å². The van der Waals surface area contributed by atoms with Crippen LogP contribution in [0.2, 0.25) is 0 Å². The van der Waals surface area contributed by atoms with Crippen molar-refractivity contribution < 1.29 is 4.74 Å². The van der Waals surface area contributed by atoms with E-state index < -0.39 is 0 Å². The monoisotopic (exact) mass is 396 g/mol. The average molecular weight is 397 g/mol. The number of hydrogen-bond donors (Lipinski definition) is 1. The predicted octanol–water partition coefficient (Wildman–Crippen LogP) is 5.67. The maximum Gasteiger partial charge on any atom is 0.124 e. The quantitative estimate of drug-likeness (QED) is 0.604. The molecule has 1 unspecified atom stereocenters. The van der Waals surface area contributed by atoms with Gasteiger partial charge in [0.1, 0.15) is 5.75 Å². The normalized spacial score (nSPS) is 19.7. The lowest BCUT2D eigenvalue weighted by Gasteiger charge is -2.33. The number of aryl methyl sites for hydroxylation is 2. The van der Waals surface area contributed by atoms with Gasteiger partial charge in [-0.3, -0.25) is 0 Å². The van der Waals surface area contributed by atoms with Crippen LogP contribution in [0.25, 0.3) is 0 Å². The Labute approximate surface area is 178 Å². The van der Waals surface area contributed by atoms with Gasteiger partial charge < -0.3 is 15.0 Å². The van der Waals surface area contributed by atoms with Gasteiger partial charge in [0.2, 0.25) is 0 Å². The van der Waals surface area contributed by atoms with Crippen molar-refractivity contribution in [2.45, 2.75) is 44.7 Å². The molecule has 3 nitrogen and oxygen atoms in total. The van der Waals surface area contributed by atoms with Crippen LogP contribution in [0.3, 0.4) is 0 Å². The molecule has 0 saturated carbocycles. The largest absolute Gasteiger partial charge is 0.493 e. The van der Waals surface area contributed by atoms with Crippen molar-refractivity contribution in [3.8, 4) is 5.75 Å².